The molecular weight excluding hydrogens is 264 g/mol. The van der Waals surface area contributed by atoms with E-state index >= 15 is 0 Å². The first-order valence-electron chi connectivity index (χ1n) is 8.86. The van der Waals surface area contributed by atoms with Gasteiger partial charge in [0.1, 0.15) is 0 Å². The molecule has 0 aromatic heterocycles. The SMILES string of the molecule is CN1CCCC2(COC2CN2CCC3(CCCO3)CC2)C1. The summed E-state index contributed by atoms with van der Waals surface area (Å²) in [5, 5.41) is 0. The lowest BCUT2D eigenvalue weighted by molar-refractivity contribution is -0.216. The lowest BCUT2D eigenvalue weighted by Crippen LogP contribution is -2.63. The Hall–Kier alpha value is -0.160. The van der Waals surface area contributed by atoms with Gasteiger partial charge < -0.3 is 19.3 Å². The standard InChI is InChI=1S/C17H30N2O2/c1-18-8-2-4-16(13-18)14-20-15(16)12-19-9-6-17(7-10-19)5-3-11-21-17/h15H,2-14H2,1H3. The Morgan fingerprint density at radius 2 is 1.90 bits per heavy atom. The van der Waals surface area contributed by atoms with Crippen LogP contribution in [-0.4, -0.2) is 74.5 Å². The fraction of sp³-hybridized carbons (Fsp3) is 1.00. The number of nitrogens with zero attached hydrogens (tertiary/aromatic N) is 2. The molecule has 0 radical (unpaired) electrons. The highest BCUT2D eigenvalue weighted by Crippen LogP contribution is 2.43. The molecule has 0 aromatic carbocycles. The molecule has 120 valence electrons. The highest BCUT2D eigenvalue weighted by molar-refractivity contribution is 5.01. The molecule has 0 aromatic rings. The van der Waals surface area contributed by atoms with Gasteiger partial charge in [0.05, 0.1) is 18.3 Å². The molecule has 0 N–H and O–H groups in total. The van der Waals surface area contributed by atoms with E-state index in [1.165, 1.54) is 64.7 Å². The van der Waals surface area contributed by atoms with Gasteiger partial charge in [-0.1, -0.05) is 0 Å². The van der Waals surface area contributed by atoms with Crippen molar-refractivity contribution >= 4 is 0 Å². The zero-order valence-corrected chi connectivity index (χ0v) is 13.5. The Balaban J connectivity index is 1.31. The Kier molecular flexibility index (Phi) is 3.77. The predicted molar refractivity (Wildman–Crippen MR) is 82.5 cm³/mol. The summed E-state index contributed by atoms with van der Waals surface area (Å²) in [6.07, 6.45) is 8.19. The highest BCUT2D eigenvalue weighted by atomic mass is 16.5. The normalized spacial score (nSPS) is 40.7. The second kappa shape index (κ2) is 5.48. The molecule has 4 heteroatoms. The maximum atomic E-state index is 6.03. The summed E-state index contributed by atoms with van der Waals surface area (Å²) < 4.78 is 12.0. The average molecular weight is 294 g/mol. The Morgan fingerprint density at radius 1 is 1.05 bits per heavy atom. The zero-order valence-electron chi connectivity index (χ0n) is 13.5. The van der Waals surface area contributed by atoms with Gasteiger partial charge in [0, 0.05) is 38.2 Å². The first-order chi connectivity index (χ1) is 10.2. The van der Waals surface area contributed by atoms with E-state index in [0.29, 0.717) is 11.5 Å². The van der Waals surface area contributed by atoms with Crippen LogP contribution in [-0.2, 0) is 9.47 Å². The quantitative estimate of drug-likeness (QED) is 0.774. The summed E-state index contributed by atoms with van der Waals surface area (Å²) in [5.74, 6) is 0. The van der Waals surface area contributed by atoms with Crippen LogP contribution in [0.25, 0.3) is 0 Å². The lowest BCUT2D eigenvalue weighted by atomic mass is 9.71. The smallest absolute Gasteiger partial charge is 0.0792 e. The fourth-order valence-corrected chi connectivity index (χ4v) is 4.99. The second-order valence-electron chi connectivity index (χ2n) is 7.94. The van der Waals surface area contributed by atoms with Gasteiger partial charge in [-0.05, 0) is 52.1 Å². The summed E-state index contributed by atoms with van der Waals surface area (Å²) >= 11 is 0. The second-order valence-corrected chi connectivity index (χ2v) is 7.94. The van der Waals surface area contributed by atoms with E-state index in [0.717, 1.165) is 19.8 Å². The van der Waals surface area contributed by atoms with Gasteiger partial charge in [0.25, 0.3) is 0 Å². The van der Waals surface area contributed by atoms with Gasteiger partial charge >= 0.3 is 0 Å². The van der Waals surface area contributed by atoms with Crippen molar-refractivity contribution in [2.45, 2.75) is 50.2 Å². The van der Waals surface area contributed by atoms with E-state index in [9.17, 15) is 0 Å². The van der Waals surface area contributed by atoms with Gasteiger partial charge in [-0.15, -0.1) is 0 Å². The maximum absolute atomic E-state index is 6.03. The molecule has 4 nitrogen and oxygen atoms in total. The average Bonchev–Trinajstić information content (AvgIpc) is 2.94. The minimum Gasteiger partial charge on any atom is -0.375 e. The molecule has 0 aliphatic carbocycles. The van der Waals surface area contributed by atoms with Crippen molar-refractivity contribution < 1.29 is 9.47 Å². The van der Waals surface area contributed by atoms with E-state index in [4.69, 9.17) is 9.47 Å². The van der Waals surface area contributed by atoms with Crippen LogP contribution in [0.5, 0.6) is 0 Å². The minimum atomic E-state index is 0.250. The third-order valence-corrected chi connectivity index (χ3v) is 6.43. The van der Waals surface area contributed by atoms with Crippen LogP contribution in [0, 0.1) is 5.41 Å². The van der Waals surface area contributed by atoms with Crippen molar-refractivity contribution in [3.8, 4) is 0 Å². The summed E-state index contributed by atoms with van der Waals surface area (Å²) in [4.78, 5) is 5.13. The van der Waals surface area contributed by atoms with Gasteiger partial charge in [-0.25, -0.2) is 0 Å². The van der Waals surface area contributed by atoms with Gasteiger partial charge in [-0.2, -0.15) is 0 Å². The Morgan fingerprint density at radius 3 is 2.52 bits per heavy atom. The predicted octanol–water partition coefficient (Wildman–Crippen LogP) is 1.74. The number of hydrogen-bond donors (Lipinski definition) is 0. The molecule has 4 fully saturated rings. The van der Waals surface area contributed by atoms with Gasteiger partial charge in [0.2, 0.25) is 0 Å². The number of rotatable bonds is 2. The molecule has 4 aliphatic rings. The topological polar surface area (TPSA) is 24.9 Å². The van der Waals surface area contributed by atoms with Crippen molar-refractivity contribution in [2.24, 2.45) is 5.41 Å². The fourth-order valence-electron chi connectivity index (χ4n) is 4.99. The van der Waals surface area contributed by atoms with Crippen molar-refractivity contribution in [2.75, 3.05) is 53.0 Å². The van der Waals surface area contributed by atoms with E-state index in [2.05, 4.69) is 16.8 Å². The van der Waals surface area contributed by atoms with E-state index in [1.54, 1.807) is 0 Å². The van der Waals surface area contributed by atoms with Gasteiger partial charge in [0.15, 0.2) is 0 Å². The molecule has 2 unspecified atom stereocenters. The summed E-state index contributed by atoms with van der Waals surface area (Å²) in [7, 11) is 2.26. The monoisotopic (exact) mass is 294 g/mol. The van der Waals surface area contributed by atoms with Crippen LogP contribution in [0.2, 0.25) is 0 Å². The molecule has 21 heavy (non-hydrogen) atoms. The Bertz CT molecular complexity index is 373. The van der Waals surface area contributed by atoms with Crippen molar-refractivity contribution in [3.63, 3.8) is 0 Å². The summed E-state index contributed by atoms with van der Waals surface area (Å²) in [5.41, 5.74) is 0.714. The van der Waals surface area contributed by atoms with E-state index in [1.807, 2.05) is 0 Å². The van der Waals surface area contributed by atoms with Crippen molar-refractivity contribution in [1.29, 1.82) is 0 Å². The molecule has 0 saturated carbocycles. The molecule has 4 rings (SSSR count). The summed E-state index contributed by atoms with van der Waals surface area (Å²) in [6, 6.07) is 0. The molecule has 2 atom stereocenters. The van der Waals surface area contributed by atoms with Crippen LogP contribution >= 0.6 is 0 Å². The summed E-state index contributed by atoms with van der Waals surface area (Å²) in [6.45, 7) is 8.02. The van der Waals surface area contributed by atoms with Crippen LogP contribution in [0.3, 0.4) is 0 Å². The molecular formula is C17H30N2O2. The van der Waals surface area contributed by atoms with E-state index in [-0.39, 0.29) is 5.60 Å². The van der Waals surface area contributed by atoms with Crippen LogP contribution in [0.1, 0.15) is 38.5 Å². The Labute approximate surface area is 128 Å². The number of piperidine rings is 2. The lowest BCUT2D eigenvalue weighted by Gasteiger charge is -2.55. The number of ether oxygens (including phenoxy) is 2. The molecule has 0 bridgehead atoms. The highest BCUT2D eigenvalue weighted by Gasteiger charge is 2.50. The van der Waals surface area contributed by atoms with Crippen LogP contribution < -0.4 is 0 Å². The molecule has 4 saturated heterocycles. The largest absolute Gasteiger partial charge is 0.375 e. The molecule has 4 heterocycles. The third kappa shape index (κ3) is 2.65. The van der Waals surface area contributed by atoms with Gasteiger partial charge in [-0.3, -0.25) is 0 Å². The van der Waals surface area contributed by atoms with Crippen LogP contribution in [0.4, 0.5) is 0 Å². The number of likely N-dealkylation sites (tertiary alicyclic amines) is 2. The maximum Gasteiger partial charge on any atom is 0.0792 e. The molecule has 4 aliphatic heterocycles. The third-order valence-electron chi connectivity index (χ3n) is 6.43. The van der Waals surface area contributed by atoms with E-state index < -0.39 is 0 Å². The number of hydrogen-bond acceptors (Lipinski definition) is 4. The first-order valence-corrected chi connectivity index (χ1v) is 8.86. The van der Waals surface area contributed by atoms with Crippen molar-refractivity contribution in [1.82, 2.24) is 9.80 Å². The van der Waals surface area contributed by atoms with Crippen LogP contribution in [0.15, 0.2) is 0 Å². The minimum absolute atomic E-state index is 0.250. The first kappa shape index (κ1) is 14.4. The molecule has 0 amide bonds. The zero-order chi connectivity index (χ0) is 14.3. The molecule has 2 spiro atoms. The van der Waals surface area contributed by atoms with Crippen molar-refractivity contribution in [3.05, 3.63) is 0 Å².